The van der Waals surface area contributed by atoms with E-state index in [1.54, 1.807) is 6.07 Å². The molecule has 0 unspecified atom stereocenters. The first-order chi connectivity index (χ1) is 15.2. The number of amides is 2. The Hall–Kier alpha value is -2.82. The van der Waals surface area contributed by atoms with Crippen molar-refractivity contribution in [1.29, 1.82) is 0 Å². The molecule has 32 heavy (non-hydrogen) atoms. The normalized spacial score (nSPS) is 15.4. The molecular formula is C22H27FN4O4S. The third kappa shape index (κ3) is 6.84. The number of nitrogens with zero attached hydrogens (tertiary/aromatic N) is 1. The number of primary amides is 1. The molecule has 0 aromatic heterocycles. The van der Waals surface area contributed by atoms with E-state index >= 15 is 0 Å². The zero-order chi connectivity index (χ0) is 23.1. The molecule has 0 atom stereocenters. The predicted molar refractivity (Wildman–Crippen MR) is 118 cm³/mol. The van der Waals surface area contributed by atoms with E-state index < -0.39 is 15.8 Å². The van der Waals surface area contributed by atoms with Gasteiger partial charge in [-0.1, -0.05) is 12.1 Å². The van der Waals surface area contributed by atoms with Crippen molar-refractivity contribution in [2.75, 3.05) is 25.0 Å². The van der Waals surface area contributed by atoms with Crippen molar-refractivity contribution >= 4 is 27.5 Å². The fraction of sp³-hybridized carbons (Fsp3) is 0.364. The van der Waals surface area contributed by atoms with Gasteiger partial charge < -0.3 is 11.1 Å². The monoisotopic (exact) mass is 462 g/mol. The summed E-state index contributed by atoms with van der Waals surface area (Å²) in [6.07, 6.45) is 1.45. The van der Waals surface area contributed by atoms with E-state index in [0.717, 1.165) is 43.6 Å². The van der Waals surface area contributed by atoms with Crippen LogP contribution in [0.15, 0.2) is 53.4 Å². The topological polar surface area (TPSA) is 122 Å². The van der Waals surface area contributed by atoms with Crippen LogP contribution in [0.1, 0.15) is 24.8 Å². The lowest BCUT2D eigenvalue weighted by Gasteiger charge is -2.30. The zero-order valence-electron chi connectivity index (χ0n) is 17.6. The molecule has 2 amide bonds. The maximum Gasteiger partial charge on any atom is 0.240 e. The SMILES string of the molecule is NC(=O)C1CCN(Cc2cccc(NC(=O)CCNS(=O)(=O)c3ccc(F)cc3)c2)CC1. The van der Waals surface area contributed by atoms with Gasteiger partial charge in [-0.3, -0.25) is 14.5 Å². The molecule has 8 nitrogen and oxygen atoms in total. The molecule has 1 saturated heterocycles. The van der Waals surface area contributed by atoms with Gasteiger partial charge in [-0.2, -0.15) is 0 Å². The van der Waals surface area contributed by atoms with Gasteiger partial charge in [-0.15, -0.1) is 0 Å². The number of rotatable bonds is 9. The zero-order valence-corrected chi connectivity index (χ0v) is 18.4. The molecule has 2 aromatic carbocycles. The number of sulfonamides is 1. The van der Waals surface area contributed by atoms with Crippen molar-refractivity contribution in [1.82, 2.24) is 9.62 Å². The second-order valence-corrected chi connectivity index (χ2v) is 9.57. The Labute approximate surface area is 187 Å². The molecule has 0 saturated carbocycles. The molecule has 10 heteroatoms. The van der Waals surface area contributed by atoms with Crippen molar-refractivity contribution in [2.45, 2.75) is 30.7 Å². The van der Waals surface area contributed by atoms with Crippen LogP contribution in [0.2, 0.25) is 0 Å². The summed E-state index contributed by atoms with van der Waals surface area (Å²) in [6.45, 7) is 2.20. The molecule has 0 aliphatic carbocycles. The Bertz CT molecular complexity index is 1050. The quantitative estimate of drug-likeness (QED) is 0.525. The summed E-state index contributed by atoms with van der Waals surface area (Å²) < 4.78 is 39.7. The number of hydrogen-bond acceptors (Lipinski definition) is 5. The van der Waals surface area contributed by atoms with Crippen molar-refractivity contribution in [2.24, 2.45) is 11.7 Å². The molecule has 1 aliphatic heterocycles. The third-order valence-corrected chi connectivity index (χ3v) is 6.85. The second kappa shape index (κ2) is 10.7. The fourth-order valence-electron chi connectivity index (χ4n) is 3.60. The van der Waals surface area contributed by atoms with Crippen LogP contribution in [0.4, 0.5) is 10.1 Å². The largest absolute Gasteiger partial charge is 0.369 e. The number of nitrogens with one attached hydrogen (secondary N) is 2. The number of nitrogens with two attached hydrogens (primary N) is 1. The molecule has 4 N–H and O–H groups in total. The number of anilines is 1. The highest BCUT2D eigenvalue weighted by molar-refractivity contribution is 7.89. The lowest BCUT2D eigenvalue weighted by atomic mass is 9.96. The van der Waals surface area contributed by atoms with Crippen molar-refractivity contribution in [3.05, 3.63) is 59.9 Å². The van der Waals surface area contributed by atoms with Crippen LogP contribution < -0.4 is 15.8 Å². The summed E-state index contributed by atoms with van der Waals surface area (Å²) in [4.78, 5) is 25.7. The average Bonchev–Trinajstić information content (AvgIpc) is 2.74. The van der Waals surface area contributed by atoms with Crippen LogP contribution in [0.5, 0.6) is 0 Å². The van der Waals surface area contributed by atoms with Gasteiger partial charge in [0.05, 0.1) is 4.90 Å². The molecule has 0 radical (unpaired) electrons. The molecule has 1 heterocycles. The first-order valence-corrected chi connectivity index (χ1v) is 11.9. The first-order valence-electron chi connectivity index (χ1n) is 10.4. The van der Waals surface area contributed by atoms with Crippen LogP contribution in [-0.4, -0.2) is 44.8 Å². The van der Waals surface area contributed by atoms with E-state index in [9.17, 15) is 22.4 Å². The van der Waals surface area contributed by atoms with Crippen LogP contribution in [0.3, 0.4) is 0 Å². The number of carbonyl (C=O) groups is 2. The van der Waals surface area contributed by atoms with Crippen LogP contribution >= 0.6 is 0 Å². The summed E-state index contributed by atoms with van der Waals surface area (Å²) in [5.74, 6) is -1.15. The number of halogens is 1. The van der Waals surface area contributed by atoms with Gasteiger partial charge in [-0.25, -0.2) is 17.5 Å². The molecule has 0 spiro atoms. The molecule has 1 aliphatic rings. The van der Waals surface area contributed by atoms with Gasteiger partial charge in [0.2, 0.25) is 21.8 Å². The Morgan fingerprint density at radius 2 is 1.78 bits per heavy atom. The van der Waals surface area contributed by atoms with E-state index in [4.69, 9.17) is 5.73 Å². The lowest BCUT2D eigenvalue weighted by Crippen LogP contribution is -2.38. The summed E-state index contributed by atoms with van der Waals surface area (Å²) in [7, 11) is -3.81. The Kier molecular flexibility index (Phi) is 7.94. The molecule has 2 aromatic rings. The molecule has 1 fully saturated rings. The first kappa shape index (κ1) is 23.8. The highest BCUT2D eigenvalue weighted by atomic mass is 32.2. The maximum absolute atomic E-state index is 13.0. The van der Waals surface area contributed by atoms with Crippen molar-refractivity contribution in [3.8, 4) is 0 Å². The summed E-state index contributed by atoms with van der Waals surface area (Å²) in [5.41, 5.74) is 7.03. The van der Waals surface area contributed by atoms with Crippen molar-refractivity contribution < 1.29 is 22.4 Å². The second-order valence-electron chi connectivity index (χ2n) is 7.80. The van der Waals surface area contributed by atoms with E-state index in [1.807, 2.05) is 18.2 Å². The molecule has 3 rings (SSSR count). The van der Waals surface area contributed by atoms with Gasteiger partial charge in [0.25, 0.3) is 0 Å². The predicted octanol–water partition coefficient (Wildman–Crippen LogP) is 1.83. The maximum atomic E-state index is 13.0. The van der Waals surface area contributed by atoms with Crippen molar-refractivity contribution in [3.63, 3.8) is 0 Å². The Balaban J connectivity index is 1.46. The highest BCUT2D eigenvalue weighted by Gasteiger charge is 2.23. The van der Waals surface area contributed by atoms with Gasteiger partial charge in [-0.05, 0) is 67.9 Å². The average molecular weight is 463 g/mol. The van der Waals surface area contributed by atoms with Gasteiger partial charge in [0.1, 0.15) is 5.82 Å². The Morgan fingerprint density at radius 1 is 1.09 bits per heavy atom. The lowest BCUT2D eigenvalue weighted by molar-refractivity contribution is -0.123. The van der Waals surface area contributed by atoms with E-state index in [0.29, 0.717) is 12.2 Å². The standard InChI is InChI=1S/C22H27FN4O4S/c23-18-4-6-20(7-5-18)32(30,31)25-11-8-21(28)26-19-3-1-2-16(14-19)15-27-12-9-17(10-13-27)22(24)29/h1-7,14,17,25H,8-13,15H2,(H2,24,29)(H,26,28). The number of likely N-dealkylation sites (tertiary alicyclic amines) is 1. The van der Waals surface area contributed by atoms with Gasteiger partial charge in [0, 0.05) is 31.1 Å². The smallest absolute Gasteiger partial charge is 0.240 e. The van der Waals surface area contributed by atoms with E-state index in [1.165, 1.54) is 12.1 Å². The number of hydrogen-bond donors (Lipinski definition) is 3. The third-order valence-electron chi connectivity index (χ3n) is 5.37. The number of piperidine rings is 1. The minimum Gasteiger partial charge on any atom is -0.369 e. The molecule has 0 bridgehead atoms. The highest BCUT2D eigenvalue weighted by Crippen LogP contribution is 2.20. The minimum atomic E-state index is -3.81. The van der Waals surface area contributed by atoms with E-state index in [-0.39, 0.29) is 35.6 Å². The summed E-state index contributed by atoms with van der Waals surface area (Å²) >= 11 is 0. The van der Waals surface area contributed by atoms with Crippen LogP contribution in [0.25, 0.3) is 0 Å². The number of carbonyl (C=O) groups excluding carboxylic acids is 2. The molecule has 172 valence electrons. The molecular weight excluding hydrogens is 435 g/mol. The minimum absolute atomic E-state index is 0.0503. The summed E-state index contributed by atoms with van der Waals surface area (Å²) in [6, 6.07) is 11.9. The van der Waals surface area contributed by atoms with Crippen LogP contribution in [-0.2, 0) is 26.2 Å². The summed E-state index contributed by atoms with van der Waals surface area (Å²) in [5, 5.41) is 2.77. The van der Waals surface area contributed by atoms with Gasteiger partial charge >= 0.3 is 0 Å². The fourth-order valence-corrected chi connectivity index (χ4v) is 4.63. The Morgan fingerprint density at radius 3 is 2.44 bits per heavy atom. The van der Waals surface area contributed by atoms with E-state index in [2.05, 4.69) is 14.9 Å². The van der Waals surface area contributed by atoms with Gasteiger partial charge in [0.15, 0.2) is 0 Å². The number of benzene rings is 2. The van der Waals surface area contributed by atoms with Crippen LogP contribution in [0, 0.1) is 11.7 Å².